The SMILES string of the molecule is Cc1cc[c-]c(-c2cc3c(cn2)-c2ccccc2C3(C)C)n1.[Ir].[c-]1ccccc1-c1ccccn1. The van der Waals surface area contributed by atoms with Gasteiger partial charge in [-0.3, -0.25) is 4.98 Å². The van der Waals surface area contributed by atoms with E-state index in [1.54, 1.807) is 6.20 Å². The second-order valence-electron chi connectivity index (χ2n) is 8.86. The molecule has 0 aliphatic heterocycles. The summed E-state index contributed by atoms with van der Waals surface area (Å²) in [7, 11) is 0. The van der Waals surface area contributed by atoms with Gasteiger partial charge in [0.1, 0.15) is 0 Å². The Hall–Kier alpha value is -3.46. The molecule has 2 aromatic carbocycles. The van der Waals surface area contributed by atoms with E-state index in [9.17, 15) is 0 Å². The van der Waals surface area contributed by atoms with E-state index >= 15 is 0 Å². The first-order valence-corrected chi connectivity index (χ1v) is 11.4. The minimum Gasteiger partial charge on any atom is -0.317 e. The molecule has 0 fully saturated rings. The van der Waals surface area contributed by atoms with Gasteiger partial charge in [-0.2, -0.15) is 12.1 Å². The number of hydrogen-bond acceptors (Lipinski definition) is 3. The summed E-state index contributed by atoms with van der Waals surface area (Å²) < 4.78 is 0. The zero-order valence-electron chi connectivity index (χ0n) is 19.9. The van der Waals surface area contributed by atoms with Crippen molar-refractivity contribution in [1.29, 1.82) is 0 Å². The molecular formula is C31H25IrN3-2. The van der Waals surface area contributed by atoms with Crippen LogP contribution in [0.2, 0.25) is 0 Å². The first kappa shape index (κ1) is 24.7. The Morgan fingerprint density at radius 3 is 2.26 bits per heavy atom. The summed E-state index contributed by atoms with van der Waals surface area (Å²) in [5, 5.41) is 0. The van der Waals surface area contributed by atoms with Gasteiger partial charge in [0.2, 0.25) is 0 Å². The van der Waals surface area contributed by atoms with Gasteiger partial charge >= 0.3 is 0 Å². The van der Waals surface area contributed by atoms with Crippen molar-refractivity contribution in [2.75, 3.05) is 0 Å². The summed E-state index contributed by atoms with van der Waals surface area (Å²) in [4.78, 5) is 13.4. The molecule has 0 amide bonds. The van der Waals surface area contributed by atoms with E-state index in [4.69, 9.17) is 0 Å². The Morgan fingerprint density at radius 1 is 0.714 bits per heavy atom. The maximum atomic E-state index is 4.63. The predicted octanol–water partition coefficient (Wildman–Crippen LogP) is 7.10. The molecule has 0 saturated heterocycles. The van der Waals surface area contributed by atoms with Gasteiger partial charge in [0, 0.05) is 43.5 Å². The molecule has 0 unspecified atom stereocenters. The average Bonchev–Trinajstić information content (AvgIpc) is 3.12. The van der Waals surface area contributed by atoms with Crippen LogP contribution in [-0.4, -0.2) is 15.0 Å². The second-order valence-corrected chi connectivity index (χ2v) is 8.86. The summed E-state index contributed by atoms with van der Waals surface area (Å²) >= 11 is 0. The van der Waals surface area contributed by atoms with Crippen LogP contribution >= 0.6 is 0 Å². The monoisotopic (exact) mass is 632 g/mol. The van der Waals surface area contributed by atoms with Crippen LogP contribution in [0.3, 0.4) is 0 Å². The van der Waals surface area contributed by atoms with Gasteiger partial charge < -0.3 is 9.97 Å². The summed E-state index contributed by atoms with van der Waals surface area (Å²) in [5.74, 6) is 0. The fourth-order valence-corrected chi connectivity index (χ4v) is 4.42. The number of pyridine rings is 3. The molecule has 1 radical (unpaired) electrons. The molecular weight excluding hydrogens is 607 g/mol. The van der Waals surface area contributed by atoms with E-state index in [-0.39, 0.29) is 25.5 Å². The molecule has 0 N–H and O–H groups in total. The summed E-state index contributed by atoms with van der Waals surface area (Å²) in [5.41, 5.74) is 9.90. The summed E-state index contributed by atoms with van der Waals surface area (Å²) in [6, 6.07) is 34.6. The molecule has 5 aromatic rings. The van der Waals surface area contributed by atoms with E-state index in [2.05, 4.69) is 71.3 Å². The van der Waals surface area contributed by atoms with Crippen LogP contribution in [0, 0.1) is 19.1 Å². The molecule has 3 nitrogen and oxygen atoms in total. The smallest absolute Gasteiger partial charge is 0.0207 e. The van der Waals surface area contributed by atoms with Crippen molar-refractivity contribution in [3.8, 4) is 33.8 Å². The van der Waals surface area contributed by atoms with E-state index in [0.717, 1.165) is 28.3 Å². The molecule has 35 heavy (non-hydrogen) atoms. The Labute approximate surface area is 220 Å². The number of rotatable bonds is 2. The molecule has 0 saturated carbocycles. The normalized spacial score (nSPS) is 12.4. The molecule has 3 heterocycles. The van der Waals surface area contributed by atoms with Crippen molar-refractivity contribution in [3.05, 3.63) is 126 Å². The van der Waals surface area contributed by atoms with Crippen LogP contribution < -0.4 is 0 Å². The fourth-order valence-electron chi connectivity index (χ4n) is 4.42. The van der Waals surface area contributed by atoms with Gasteiger partial charge in [0.15, 0.2) is 0 Å². The standard InChI is InChI=1S/C20H17N2.C11H8N.Ir/c1-13-7-6-10-18(22-13)19-11-17-15(12-21-19)14-8-4-5-9-16(14)20(17,2)3;1-2-6-10(7-3-1)11-8-4-5-9-12-11;/h4-9,11-12H,1-3H3;1-6,8-9H;/q2*-1;. The molecule has 6 rings (SSSR count). The van der Waals surface area contributed by atoms with Crippen molar-refractivity contribution in [3.63, 3.8) is 0 Å². The average molecular weight is 632 g/mol. The van der Waals surface area contributed by atoms with E-state index in [1.807, 2.05) is 67.7 Å². The van der Waals surface area contributed by atoms with Crippen molar-refractivity contribution in [2.24, 2.45) is 0 Å². The van der Waals surface area contributed by atoms with Crippen LogP contribution in [0.1, 0.15) is 30.7 Å². The number of benzene rings is 2. The number of aryl methyl sites for hydroxylation is 1. The minimum atomic E-state index is -0.00651. The second kappa shape index (κ2) is 10.4. The zero-order chi connectivity index (χ0) is 23.5. The first-order chi connectivity index (χ1) is 16.5. The van der Waals surface area contributed by atoms with Crippen molar-refractivity contribution >= 4 is 0 Å². The molecule has 1 aliphatic carbocycles. The maximum absolute atomic E-state index is 4.63. The summed E-state index contributed by atoms with van der Waals surface area (Å²) in [6.45, 7) is 6.54. The summed E-state index contributed by atoms with van der Waals surface area (Å²) in [6.07, 6.45) is 3.77. The van der Waals surface area contributed by atoms with E-state index in [1.165, 1.54) is 22.3 Å². The molecule has 0 bridgehead atoms. The van der Waals surface area contributed by atoms with Gasteiger partial charge in [0.25, 0.3) is 0 Å². The van der Waals surface area contributed by atoms with Gasteiger partial charge in [0.05, 0.1) is 0 Å². The Kier molecular flexibility index (Phi) is 7.35. The van der Waals surface area contributed by atoms with Gasteiger partial charge in [-0.05, 0) is 52.5 Å². The molecule has 3 aromatic heterocycles. The minimum absolute atomic E-state index is 0. The Bertz CT molecular complexity index is 1390. The molecule has 4 heteroatoms. The third kappa shape index (κ3) is 5.00. The fraction of sp³-hybridized carbons (Fsp3) is 0.129. The van der Waals surface area contributed by atoms with Crippen LogP contribution in [0.5, 0.6) is 0 Å². The van der Waals surface area contributed by atoms with Crippen molar-refractivity contribution in [1.82, 2.24) is 15.0 Å². The zero-order valence-corrected chi connectivity index (χ0v) is 22.3. The number of fused-ring (bicyclic) bond motifs is 3. The molecule has 1 aliphatic rings. The molecule has 175 valence electrons. The maximum Gasteiger partial charge on any atom is 0.0207 e. The number of aromatic nitrogens is 3. The Balaban J connectivity index is 0.000000189. The molecule has 0 spiro atoms. The van der Waals surface area contributed by atoms with Crippen LogP contribution in [-0.2, 0) is 25.5 Å². The first-order valence-electron chi connectivity index (χ1n) is 11.4. The topological polar surface area (TPSA) is 38.7 Å². The third-order valence-corrected chi connectivity index (χ3v) is 6.19. The van der Waals surface area contributed by atoms with Crippen LogP contribution in [0.25, 0.3) is 33.8 Å². The van der Waals surface area contributed by atoms with Gasteiger partial charge in [-0.15, -0.1) is 42.0 Å². The Morgan fingerprint density at radius 2 is 1.51 bits per heavy atom. The number of hydrogen-bond donors (Lipinski definition) is 0. The van der Waals surface area contributed by atoms with E-state index < -0.39 is 0 Å². The largest absolute Gasteiger partial charge is 0.317 e. The van der Waals surface area contributed by atoms with Gasteiger partial charge in [-0.1, -0.05) is 56.3 Å². The van der Waals surface area contributed by atoms with Crippen LogP contribution in [0.15, 0.2) is 97.3 Å². The van der Waals surface area contributed by atoms with Gasteiger partial charge in [-0.25, -0.2) is 0 Å². The van der Waals surface area contributed by atoms with Crippen molar-refractivity contribution in [2.45, 2.75) is 26.2 Å². The quantitative estimate of drug-likeness (QED) is 0.195. The number of nitrogens with zero attached hydrogens (tertiary/aromatic N) is 3. The third-order valence-electron chi connectivity index (χ3n) is 6.19. The predicted molar refractivity (Wildman–Crippen MR) is 137 cm³/mol. The molecule has 0 atom stereocenters. The van der Waals surface area contributed by atoms with Crippen LogP contribution in [0.4, 0.5) is 0 Å². The van der Waals surface area contributed by atoms with E-state index in [0.29, 0.717) is 0 Å². The van der Waals surface area contributed by atoms with Crippen molar-refractivity contribution < 1.29 is 20.1 Å².